The van der Waals surface area contributed by atoms with Gasteiger partial charge in [0, 0.05) is 44.5 Å². The number of hydrogen-bond acceptors (Lipinski definition) is 7. The highest BCUT2D eigenvalue weighted by molar-refractivity contribution is 7.92. The van der Waals surface area contributed by atoms with Crippen LogP contribution in [0.5, 0.6) is 5.75 Å². The number of nitrogens with one attached hydrogen (secondary N) is 1. The highest BCUT2D eigenvalue weighted by atomic mass is 32.2. The molecule has 1 aromatic heterocycles. The van der Waals surface area contributed by atoms with E-state index < -0.39 is 16.1 Å². The number of likely N-dealkylation sites (N-methyl/N-ethyl adjacent to an activating group) is 1. The number of fused-ring (bicyclic) bond motifs is 1. The molecule has 3 aromatic rings. The van der Waals surface area contributed by atoms with Crippen molar-refractivity contribution in [1.29, 1.82) is 0 Å². The minimum Gasteiger partial charge on any atom is -0.488 e. The lowest BCUT2D eigenvalue weighted by Gasteiger charge is -2.38. The third-order valence-electron chi connectivity index (χ3n) is 6.66. The second-order valence-electron chi connectivity index (χ2n) is 10.00. The first-order chi connectivity index (χ1) is 18.1. The average Bonchev–Trinajstić information content (AvgIpc) is 3.34. The van der Waals surface area contributed by atoms with Gasteiger partial charge in [-0.3, -0.25) is 14.4 Å². The molecule has 0 saturated carbocycles. The Morgan fingerprint density at radius 2 is 1.97 bits per heavy atom. The summed E-state index contributed by atoms with van der Waals surface area (Å²) in [5.74, 6) is 0.0145. The van der Waals surface area contributed by atoms with Crippen LogP contribution in [0.1, 0.15) is 29.8 Å². The summed E-state index contributed by atoms with van der Waals surface area (Å²) in [6.45, 7) is 5.36. The van der Waals surface area contributed by atoms with Crippen LogP contribution in [-0.4, -0.2) is 77.7 Å². The fraction of sp³-hybridized carbons (Fsp3) is 0.407. The van der Waals surface area contributed by atoms with Gasteiger partial charge in [0.2, 0.25) is 0 Å². The molecule has 0 unspecified atom stereocenters. The number of aliphatic hydroxyl groups excluding tert-OH is 1. The summed E-state index contributed by atoms with van der Waals surface area (Å²) in [6.07, 6.45) is 2.55. The van der Waals surface area contributed by atoms with Crippen LogP contribution in [0.15, 0.2) is 66.1 Å². The summed E-state index contributed by atoms with van der Waals surface area (Å²) in [6, 6.07) is 14.4. The number of hydrogen-bond donors (Lipinski definition) is 2. The highest BCUT2D eigenvalue weighted by Crippen LogP contribution is 2.31. The molecule has 0 saturated heterocycles. The van der Waals surface area contributed by atoms with Crippen LogP contribution in [0.2, 0.25) is 0 Å². The van der Waals surface area contributed by atoms with Crippen molar-refractivity contribution in [2.24, 2.45) is 13.0 Å². The number of nitrogens with zero attached hydrogens (tertiary/aromatic N) is 4. The molecule has 4 rings (SSSR count). The number of amides is 1. The quantitative estimate of drug-likeness (QED) is 0.428. The number of anilines is 1. The summed E-state index contributed by atoms with van der Waals surface area (Å²) >= 11 is 0. The van der Waals surface area contributed by atoms with Gasteiger partial charge in [-0.15, -0.1) is 0 Å². The van der Waals surface area contributed by atoms with E-state index in [4.69, 9.17) is 4.74 Å². The number of imidazole rings is 1. The summed E-state index contributed by atoms with van der Waals surface area (Å²) in [5, 5.41) is 9.75. The Morgan fingerprint density at radius 1 is 1.24 bits per heavy atom. The molecule has 38 heavy (non-hydrogen) atoms. The van der Waals surface area contributed by atoms with Crippen molar-refractivity contribution in [2.45, 2.75) is 37.6 Å². The average molecular weight is 542 g/mol. The number of aliphatic hydroxyl groups is 1. The van der Waals surface area contributed by atoms with Crippen LogP contribution in [0.25, 0.3) is 0 Å². The number of aromatic nitrogens is 2. The molecule has 11 heteroatoms. The van der Waals surface area contributed by atoms with E-state index in [0.717, 1.165) is 6.54 Å². The van der Waals surface area contributed by atoms with Gasteiger partial charge in [0.1, 0.15) is 11.9 Å². The Labute approximate surface area is 223 Å². The maximum atomic E-state index is 13.6. The smallest absolute Gasteiger partial charge is 0.280 e. The van der Waals surface area contributed by atoms with Crippen molar-refractivity contribution in [3.63, 3.8) is 0 Å². The number of ether oxygens (including phenoxy) is 1. The van der Waals surface area contributed by atoms with Gasteiger partial charge >= 0.3 is 0 Å². The summed E-state index contributed by atoms with van der Waals surface area (Å²) < 4.78 is 36.1. The van der Waals surface area contributed by atoms with Crippen LogP contribution in [0.4, 0.5) is 5.69 Å². The SMILES string of the molecule is C[C@@H]1CN([C@H](C)CO)C(=O)c2cc(NS(=O)(=O)c3cn(C)cn3)ccc2O[C@H]1CN(C)Cc1ccccc1. The van der Waals surface area contributed by atoms with Crippen LogP contribution in [0, 0.1) is 5.92 Å². The first kappa shape index (κ1) is 27.6. The van der Waals surface area contributed by atoms with Crippen molar-refractivity contribution in [1.82, 2.24) is 19.4 Å². The number of aryl methyl sites for hydroxylation is 1. The van der Waals surface area contributed by atoms with Gasteiger partial charge in [-0.1, -0.05) is 37.3 Å². The maximum Gasteiger partial charge on any atom is 0.280 e. The molecular weight excluding hydrogens is 506 g/mol. The third kappa shape index (κ3) is 6.35. The van der Waals surface area contributed by atoms with E-state index in [-0.39, 0.29) is 40.8 Å². The Balaban J connectivity index is 1.63. The van der Waals surface area contributed by atoms with E-state index >= 15 is 0 Å². The van der Waals surface area contributed by atoms with Crippen molar-refractivity contribution < 1.29 is 23.1 Å². The van der Waals surface area contributed by atoms with Crippen molar-refractivity contribution in [3.05, 3.63) is 72.2 Å². The van der Waals surface area contributed by atoms with Crippen LogP contribution < -0.4 is 9.46 Å². The second kappa shape index (κ2) is 11.5. The lowest BCUT2D eigenvalue weighted by molar-refractivity contribution is 0.0341. The van der Waals surface area contributed by atoms with Gasteiger partial charge in [-0.05, 0) is 37.7 Å². The van der Waals surface area contributed by atoms with E-state index in [2.05, 4.69) is 26.7 Å². The van der Waals surface area contributed by atoms with Gasteiger partial charge in [0.05, 0.1) is 24.5 Å². The van der Waals surface area contributed by atoms with Gasteiger partial charge < -0.3 is 19.3 Å². The second-order valence-corrected chi connectivity index (χ2v) is 11.6. The van der Waals surface area contributed by atoms with E-state index in [9.17, 15) is 18.3 Å². The molecule has 2 heterocycles. The standard InChI is InChI=1S/C27H35N5O5S/c1-19-13-32(20(2)17-33)27(34)23-12-22(29-38(35,36)26-16-31(4)18-28-26)10-11-24(23)37-25(19)15-30(3)14-21-8-6-5-7-9-21/h5-12,16,18-20,25,29,33H,13-15,17H2,1-4H3/t19-,20-,25+/m1/s1. The molecular formula is C27H35N5O5S. The summed E-state index contributed by atoms with van der Waals surface area (Å²) in [5.41, 5.74) is 1.63. The number of rotatable bonds is 9. The maximum absolute atomic E-state index is 13.6. The third-order valence-corrected chi connectivity index (χ3v) is 7.93. The van der Waals surface area contributed by atoms with E-state index in [1.165, 1.54) is 28.7 Å². The summed E-state index contributed by atoms with van der Waals surface area (Å²) in [4.78, 5) is 21.4. The first-order valence-electron chi connectivity index (χ1n) is 12.5. The summed E-state index contributed by atoms with van der Waals surface area (Å²) in [7, 11) is -0.242. The fourth-order valence-electron chi connectivity index (χ4n) is 4.51. The molecule has 1 aliphatic rings. The molecule has 1 amide bonds. The molecule has 2 N–H and O–H groups in total. The molecule has 10 nitrogen and oxygen atoms in total. The lowest BCUT2D eigenvalue weighted by Crippen LogP contribution is -2.49. The number of sulfonamides is 1. The number of benzene rings is 2. The highest BCUT2D eigenvalue weighted by Gasteiger charge is 2.34. The Hall–Kier alpha value is -3.41. The normalized spacial score (nSPS) is 18.9. The molecule has 2 aromatic carbocycles. The largest absolute Gasteiger partial charge is 0.488 e. The van der Waals surface area contributed by atoms with Crippen molar-refractivity contribution >= 4 is 21.6 Å². The molecule has 0 bridgehead atoms. The van der Waals surface area contributed by atoms with E-state index in [1.54, 1.807) is 31.0 Å². The van der Waals surface area contributed by atoms with Crippen molar-refractivity contribution in [2.75, 3.05) is 31.5 Å². The van der Waals surface area contributed by atoms with Crippen LogP contribution >= 0.6 is 0 Å². The first-order valence-corrected chi connectivity index (χ1v) is 14.0. The lowest BCUT2D eigenvalue weighted by atomic mass is 9.99. The Kier molecular flexibility index (Phi) is 8.39. The van der Waals surface area contributed by atoms with Crippen LogP contribution in [-0.2, 0) is 23.6 Å². The Morgan fingerprint density at radius 3 is 2.63 bits per heavy atom. The van der Waals surface area contributed by atoms with E-state index in [0.29, 0.717) is 18.8 Å². The molecule has 0 spiro atoms. The predicted octanol–water partition coefficient (Wildman–Crippen LogP) is 2.57. The fourth-order valence-corrected chi connectivity index (χ4v) is 5.54. The van der Waals surface area contributed by atoms with Crippen molar-refractivity contribution in [3.8, 4) is 5.75 Å². The molecule has 0 aliphatic carbocycles. The molecule has 1 aliphatic heterocycles. The van der Waals surface area contributed by atoms with E-state index in [1.807, 2.05) is 32.2 Å². The minimum absolute atomic E-state index is 0.0262. The number of carbonyl (C=O) groups is 1. The molecule has 0 radical (unpaired) electrons. The zero-order chi connectivity index (χ0) is 27.4. The molecule has 0 fully saturated rings. The Bertz CT molecular complexity index is 1360. The number of carbonyl (C=O) groups excluding carboxylic acids is 1. The van der Waals surface area contributed by atoms with Gasteiger partial charge in [0.25, 0.3) is 15.9 Å². The predicted molar refractivity (Wildman–Crippen MR) is 144 cm³/mol. The van der Waals surface area contributed by atoms with Gasteiger partial charge in [-0.2, -0.15) is 8.42 Å². The zero-order valence-corrected chi connectivity index (χ0v) is 22.9. The monoisotopic (exact) mass is 541 g/mol. The van der Waals surface area contributed by atoms with Gasteiger partial charge in [-0.25, -0.2) is 4.98 Å². The molecule has 3 atom stereocenters. The minimum atomic E-state index is -3.95. The topological polar surface area (TPSA) is 117 Å². The van der Waals surface area contributed by atoms with Gasteiger partial charge in [0.15, 0.2) is 5.03 Å². The zero-order valence-electron chi connectivity index (χ0n) is 22.1. The van der Waals surface area contributed by atoms with Crippen LogP contribution in [0.3, 0.4) is 0 Å². The molecule has 204 valence electrons.